The molecule has 4 heteroatoms. The van der Waals surface area contributed by atoms with Crippen LogP contribution < -0.4 is 5.32 Å². The first kappa shape index (κ1) is 14.8. The first-order chi connectivity index (χ1) is 9.09. The number of methoxy groups -OCH3 is 1. The Kier molecular flexibility index (Phi) is 4.85. The number of carbonyl (C=O) groups excluding carboxylic acids is 1. The molecular weight excluding hydrogens is 240 g/mol. The van der Waals surface area contributed by atoms with E-state index in [9.17, 15) is 4.79 Å². The third-order valence-corrected chi connectivity index (χ3v) is 5.08. The van der Waals surface area contributed by atoms with Gasteiger partial charge in [0.1, 0.15) is 5.54 Å². The highest BCUT2D eigenvalue weighted by Crippen LogP contribution is 2.37. The van der Waals surface area contributed by atoms with Gasteiger partial charge in [0.15, 0.2) is 0 Å². The number of nitrogens with zero attached hydrogens (tertiary/aromatic N) is 1. The number of fused-ring (bicyclic) bond motifs is 2. The van der Waals surface area contributed by atoms with Gasteiger partial charge in [-0.1, -0.05) is 0 Å². The molecule has 0 aromatic carbocycles. The number of nitrogens with one attached hydrogen (secondary N) is 1. The van der Waals surface area contributed by atoms with E-state index in [-0.39, 0.29) is 5.97 Å². The Labute approximate surface area is 116 Å². The standard InChI is InChI=1S/C15H28N2O2/c1-15(16-2,14(18)19-3)8-4-5-9-17-11-12-6-7-13(17)10-12/h12-13,16H,4-11H2,1-3H3. The molecule has 1 saturated carbocycles. The summed E-state index contributed by atoms with van der Waals surface area (Å²) in [5.41, 5.74) is -0.529. The second-order valence-corrected chi connectivity index (χ2v) is 6.36. The zero-order chi connectivity index (χ0) is 13.9. The fraction of sp³-hybridized carbons (Fsp3) is 0.933. The fourth-order valence-corrected chi connectivity index (χ4v) is 3.65. The van der Waals surface area contributed by atoms with Gasteiger partial charge in [-0.2, -0.15) is 0 Å². The van der Waals surface area contributed by atoms with Gasteiger partial charge in [-0.15, -0.1) is 0 Å². The normalized spacial score (nSPS) is 29.4. The van der Waals surface area contributed by atoms with Crippen molar-refractivity contribution in [3.05, 3.63) is 0 Å². The minimum absolute atomic E-state index is 0.157. The zero-order valence-corrected chi connectivity index (χ0v) is 12.6. The van der Waals surface area contributed by atoms with Gasteiger partial charge < -0.3 is 15.0 Å². The molecule has 0 aromatic rings. The van der Waals surface area contributed by atoms with Gasteiger partial charge in [0.05, 0.1) is 7.11 Å². The summed E-state index contributed by atoms with van der Waals surface area (Å²) in [5, 5.41) is 3.10. The Morgan fingerprint density at radius 2 is 2.21 bits per heavy atom. The predicted octanol–water partition coefficient (Wildman–Crippen LogP) is 1.79. The van der Waals surface area contributed by atoms with Crippen LogP contribution in [0.1, 0.15) is 45.4 Å². The average molecular weight is 268 g/mol. The molecule has 4 nitrogen and oxygen atoms in total. The molecule has 2 rings (SSSR count). The van der Waals surface area contributed by atoms with Crippen LogP contribution in [0.15, 0.2) is 0 Å². The van der Waals surface area contributed by atoms with Gasteiger partial charge in [-0.25, -0.2) is 0 Å². The van der Waals surface area contributed by atoms with Gasteiger partial charge in [-0.05, 0) is 65.0 Å². The van der Waals surface area contributed by atoms with Crippen LogP contribution in [0.25, 0.3) is 0 Å². The highest BCUT2D eigenvalue weighted by molar-refractivity contribution is 5.80. The van der Waals surface area contributed by atoms with Crippen molar-refractivity contribution >= 4 is 5.97 Å². The van der Waals surface area contributed by atoms with Crippen LogP contribution in [-0.4, -0.2) is 49.7 Å². The van der Waals surface area contributed by atoms with Crippen LogP contribution in [0.2, 0.25) is 0 Å². The molecule has 0 amide bonds. The van der Waals surface area contributed by atoms with Crippen LogP contribution in [-0.2, 0) is 9.53 Å². The molecule has 110 valence electrons. The quantitative estimate of drug-likeness (QED) is 0.564. The van der Waals surface area contributed by atoms with Crippen LogP contribution in [0.4, 0.5) is 0 Å². The number of hydrogen-bond acceptors (Lipinski definition) is 4. The largest absolute Gasteiger partial charge is 0.468 e. The summed E-state index contributed by atoms with van der Waals surface area (Å²) in [7, 11) is 3.29. The predicted molar refractivity (Wildman–Crippen MR) is 76.0 cm³/mol. The van der Waals surface area contributed by atoms with Gasteiger partial charge in [-0.3, -0.25) is 4.79 Å². The summed E-state index contributed by atoms with van der Waals surface area (Å²) in [6.07, 6.45) is 7.37. The van der Waals surface area contributed by atoms with Crippen molar-refractivity contribution in [1.82, 2.24) is 10.2 Å². The number of esters is 1. The number of carbonyl (C=O) groups is 1. The van der Waals surface area contributed by atoms with E-state index >= 15 is 0 Å². The molecule has 1 aliphatic carbocycles. The number of piperidine rings is 1. The third-order valence-electron chi connectivity index (χ3n) is 5.08. The maximum atomic E-state index is 11.7. The van der Waals surface area contributed by atoms with E-state index in [2.05, 4.69) is 10.2 Å². The molecule has 0 aromatic heterocycles. The number of unbranched alkanes of at least 4 members (excludes halogenated alkanes) is 1. The number of ether oxygens (including phenoxy) is 1. The Hall–Kier alpha value is -0.610. The molecule has 19 heavy (non-hydrogen) atoms. The molecule has 3 atom stereocenters. The van der Waals surface area contributed by atoms with E-state index in [1.807, 2.05) is 14.0 Å². The summed E-state index contributed by atoms with van der Waals surface area (Å²) >= 11 is 0. The van der Waals surface area contributed by atoms with E-state index in [0.717, 1.165) is 24.8 Å². The summed E-state index contributed by atoms with van der Waals surface area (Å²) in [6.45, 7) is 4.43. The maximum Gasteiger partial charge on any atom is 0.325 e. The summed E-state index contributed by atoms with van der Waals surface area (Å²) in [6, 6.07) is 0.862. The molecule has 2 fully saturated rings. The van der Waals surface area contributed by atoms with Gasteiger partial charge >= 0.3 is 5.97 Å². The lowest BCUT2D eigenvalue weighted by molar-refractivity contribution is -0.148. The zero-order valence-electron chi connectivity index (χ0n) is 12.6. The lowest BCUT2D eigenvalue weighted by atomic mass is 9.95. The summed E-state index contributed by atoms with van der Waals surface area (Å²) in [5.74, 6) is 0.817. The molecule has 2 bridgehead atoms. The first-order valence-electron chi connectivity index (χ1n) is 7.60. The second kappa shape index (κ2) is 6.23. The molecule has 1 saturated heterocycles. The number of rotatable bonds is 7. The molecule has 0 radical (unpaired) electrons. The highest BCUT2D eigenvalue weighted by atomic mass is 16.5. The molecule has 3 unspecified atom stereocenters. The molecular formula is C15H28N2O2. The number of likely N-dealkylation sites (tertiary alicyclic amines) is 1. The van der Waals surface area contributed by atoms with Crippen molar-refractivity contribution in [2.45, 2.75) is 57.0 Å². The number of likely N-dealkylation sites (N-methyl/N-ethyl adjacent to an activating group) is 1. The minimum Gasteiger partial charge on any atom is -0.468 e. The summed E-state index contributed by atoms with van der Waals surface area (Å²) < 4.78 is 4.87. The Bertz CT molecular complexity index is 321. The molecule has 1 heterocycles. The molecule has 1 N–H and O–H groups in total. The van der Waals surface area contributed by atoms with Crippen LogP contribution in [0.3, 0.4) is 0 Å². The van der Waals surface area contributed by atoms with Crippen LogP contribution in [0.5, 0.6) is 0 Å². The molecule has 2 aliphatic rings. The van der Waals surface area contributed by atoms with Crippen LogP contribution >= 0.6 is 0 Å². The van der Waals surface area contributed by atoms with Crippen molar-refractivity contribution < 1.29 is 9.53 Å². The van der Waals surface area contributed by atoms with Gasteiger partial charge in [0, 0.05) is 12.6 Å². The highest BCUT2D eigenvalue weighted by Gasteiger charge is 2.37. The average Bonchev–Trinajstić information content (AvgIpc) is 3.04. The minimum atomic E-state index is -0.529. The lowest BCUT2D eigenvalue weighted by Crippen LogP contribution is -2.48. The number of hydrogen-bond donors (Lipinski definition) is 1. The van der Waals surface area contributed by atoms with Crippen molar-refractivity contribution in [1.29, 1.82) is 0 Å². The molecule has 0 spiro atoms. The van der Waals surface area contributed by atoms with Crippen molar-refractivity contribution in [3.8, 4) is 0 Å². The van der Waals surface area contributed by atoms with E-state index in [1.165, 1.54) is 45.9 Å². The maximum absolute atomic E-state index is 11.7. The lowest BCUT2D eigenvalue weighted by Gasteiger charge is -2.28. The van der Waals surface area contributed by atoms with Crippen LogP contribution in [0, 0.1) is 5.92 Å². The Morgan fingerprint density at radius 1 is 1.42 bits per heavy atom. The van der Waals surface area contributed by atoms with E-state index in [4.69, 9.17) is 4.74 Å². The third kappa shape index (κ3) is 3.29. The van der Waals surface area contributed by atoms with Crippen molar-refractivity contribution in [2.24, 2.45) is 5.92 Å². The Balaban J connectivity index is 1.67. The smallest absolute Gasteiger partial charge is 0.325 e. The SMILES string of the molecule is CNC(C)(CCCCN1CC2CCC1C2)C(=O)OC. The first-order valence-corrected chi connectivity index (χ1v) is 7.60. The van der Waals surface area contributed by atoms with Crippen molar-refractivity contribution in [2.75, 3.05) is 27.2 Å². The topological polar surface area (TPSA) is 41.6 Å². The second-order valence-electron chi connectivity index (χ2n) is 6.36. The van der Waals surface area contributed by atoms with Crippen molar-refractivity contribution in [3.63, 3.8) is 0 Å². The van der Waals surface area contributed by atoms with E-state index in [1.54, 1.807) is 0 Å². The fourth-order valence-electron chi connectivity index (χ4n) is 3.65. The monoisotopic (exact) mass is 268 g/mol. The van der Waals surface area contributed by atoms with E-state index in [0.29, 0.717) is 0 Å². The summed E-state index contributed by atoms with van der Waals surface area (Å²) in [4.78, 5) is 14.4. The Morgan fingerprint density at radius 3 is 2.74 bits per heavy atom. The molecule has 1 aliphatic heterocycles. The van der Waals surface area contributed by atoms with Gasteiger partial charge in [0.2, 0.25) is 0 Å². The van der Waals surface area contributed by atoms with E-state index < -0.39 is 5.54 Å². The van der Waals surface area contributed by atoms with Gasteiger partial charge in [0.25, 0.3) is 0 Å².